The maximum Gasteiger partial charge on any atom is 0.308 e. The highest BCUT2D eigenvalue weighted by Crippen LogP contribution is 2.45. The van der Waals surface area contributed by atoms with Crippen molar-refractivity contribution in [3.63, 3.8) is 0 Å². The minimum atomic E-state index is -3.47. The largest absolute Gasteiger partial charge is 0.461 e. The molecule has 1 unspecified atom stereocenters. The quantitative estimate of drug-likeness (QED) is 0.0847. The van der Waals surface area contributed by atoms with Crippen molar-refractivity contribution in [2.75, 3.05) is 29.5 Å². The van der Waals surface area contributed by atoms with E-state index in [1.807, 2.05) is 114 Å². The van der Waals surface area contributed by atoms with Gasteiger partial charge in [0, 0.05) is 60.5 Å². The number of carbonyl (C=O) groups is 2. The predicted octanol–water partition coefficient (Wildman–Crippen LogP) is 19.3. The molecular weight excluding hydrogens is 1240 g/mol. The van der Waals surface area contributed by atoms with E-state index < -0.39 is 10.0 Å². The molecule has 3 heterocycles. The first-order chi connectivity index (χ1) is 45.9. The second-order valence-corrected chi connectivity index (χ2v) is 29.1. The molecule has 2 aliphatic carbocycles. The molecule has 16 heteroatoms. The number of benzene rings is 5. The summed E-state index contributed by atoms with van der Waals surface area (Å²) in [7, 11) is -0.0813. The molecule has 2 N–H and O–H groups in total. The summed E-state index contributed by atoms with van der Waals surface area (Å²) >= 11 is 0. The average Bonchev–Trinajstić information content (AvgIpc) is 1.65. The summed E-state index contributed by atoms with van der Waals surface area (Å²) < 4.78 is 72.7. The molecular formula is C81H99F3N6O6S. The molecule has 0 bridgehead atoms. The molecule has 0 spiro atoms. The minimum absolute atomic E-state index is 0.00604. The van der Waals surface area contributed by atoms with Crippen LogP contribution >= 0.6 is 0 Å². The highest BCUT2D eigenvalue weighted by Gasteiger charge is 2.40. The highest BCUT2D eigenvalue weighted by atomic mass is 32.2. The molecule has 0 saturated carbocycles. The second kappa shape index (κ2) is 33.7. The molecule has 10 rings (SSSR count). The fraction of sp³-hybridized carbons (Fsp3) is 0.395. The Morgan fingerprint density at radius 3 is 1.68 bits per heavy atom. The number of ether oxygens (including phenoxy) is 1. The van der Waals surface area contributed by atoms with Crippen molar-refractivity contribution in [2.45, 2.75) is 153 Å². The van der Waals surface area contributed by atoms with Crippen LogP contribution in [0.5, 0.6) is 0 Å². The number of hydrogen-bond donors (Lipinski definition) is 2. The van der Waals surface area contributed by atoms with Crippen LogP contribution in [0, 0.1) is 60.9 Å². The molecule has 8 aromatic rings. The summed E-state index contributed by atoms with van der Waals surface area (Å²) in [5.41, 5.74) is 16.6. The fourth-order valence-electron chi connectivity index (χ4n) is 13.0. The van der Waals surface area contributed by atoms with Gasteiger partial charge in [-0.3, -0.25) is 14.6 Å². The Hall–Kier alpha value is -8.47. The third kappa shape index (κ3) is 18.6. The number of anilines is 2. The second-order valence-electron chi connectivity index (χ2n) is 27.1. The number of rotatable bonds is 17. The maximum atomic E-state index is 13.6. The van der Waals surface area contributed by atoms with Crippen molar-refractivity contribution < 1.29 is 41.0 Å². The van der Waals surface area contributed by atoms with Gasteiger partial charge in [-0.2, -0.15) is 0 Å². The number of para-hydroxylation sites is 1. The average molecular weight is 1340 g/mol. The fourth-order valence-corrected chi connectivity index (χ4v) is 13.3. The zero-order valence-corrected chi connectivity index (χ0v) is 60.6. The van der Waals surface area contributed by atoms with Gasteiger partial charge < -0.3 is 19.7 Å². The molecule has 5 aromatic carbocycles. The van der Waals surface area contributed by atoms with Crippen LogP contribution in [0.4, 0.5) is 24.8 Å². The van der Waals surface area contributed by atoms with Crippen LogP contribution in [0.3, 0.4) is 0 Å². The maximum absolute atomic E-state index is 13.6. The predicted molar refractivity (Wildman–Crippen MR) is 390 cm³/mol. The molecule has 6 atom stereocenters. The third-order valence-corrected chi connectivity index (χ3v) is 19.5. The number of aromatic nitrogens is 4. The van der Waals surface area contributed by atoms with E-state index in [4.69, 9.17) is 9.72 Å². The van der Waals surface area contributed by atoms with Crippen LogP contribution in [0.2, 0.25) is 0 Å². The number of carbonyl (C=O) groups excluding carboxylic acids is 2. The number of fused-ring (bicyclic) bond motifs is 1. The smallest absolute Gasteiger partial charge is 0.308 e. The molecule has 1 amide bonds. The first-order valence-electron chi connectivity index (χ1n) is 33.9. The zero-order chi connectivity index (χ0) is 71.3. The number of halogens is 3. The number of pyridine rings is 1. The number of allylic oxidation sites excluding steroid dienone is 3. The van der Waals surface area contributed by atoms with Crippen LogP contribution in [0.1, 0.15) is 176 Å². The summed E-state index contributed by atoms with van der Waals surface area (Å²) in [5, 5.41) is 12.6. The van der Waals surface area contributed by atoms with Crippen molar-refractivity contribution in [1.29, 1.82) is 0 Å². The Labute approximate surface area is 574 Å². The van der Waals surface area contributed by atoms with Gasteiger partial charge >= 0.3 is 5.97 Å². The number of aliphatic hydroxyl groups excluding tert-OH is 1. The molecule has 0 radical (unpaired) electrons. The number of amides is 1. The van der Waals surface area contributed by atoms with E-state index in [1.54, 1.807) is 24.3 Å². The topological polar surface area (TPSA) is 157 Å². The monoisotopic (exact) mass is 1340 g/mol. The lowest BCUT2D eigenvalue weighted by molar-refractivity contribution is -0.158. The lowest BCUT2D eigenvalue weighted by Crippen LogP contribution is -2.40. The van der Waals surface area contributed by atoms with Crippen LogP contribution in [0.25, 0.3) is 44.8 Å². The SMILES string of the molecule is CC(C)c1c(C(=O)Nc2ccccc2)c(-c2ccccc2)c(-c2ccc(F)cc2)n1C.CC[C@H](C)C(=O)O[C@H]1C[C@H](C)C=C2C=C[C@@H](C)[C@H](C)C21.Cc1c(-c2ccc(F)cc2)nc(N(C)S(C)(=O)=O)nc1C(C)C.Cc1c(C(C)C)nc(C(C)C)c(CCO)c1-c1ccc(F)cc1. The Bertz CT molecular complexity index is 4150. The van der Waals surface area contributed by atoms with E-state index in [1.165, 1.54) is 49.0 Å². The van der Waals surface area contributed by atoms with E-state index in [0.717, 1.165) is 108 Å². The standard InChI is InChI=1S/C27H25FN2O.C20H26FNO.C18H28O2.C16H20FN3O2S/c1-18(2)25-24(27(31)29-22-12-8-5-9-13-22)23(19-10-6-4-7-11-19)26(30(25)3)20-14-16-21(28)17-15-20;1-12(2)19-14(5)18(15-6-8-16(21)9-7-15)17(10-11-23)20(22-19)13(3)4;1-6-12(3)18(19)20-16-10-11(2)9-15-8-7-13(4)14(5)17(15)16;1-10(2)14-11(3)15(12-6-8-13(17)9-7-12)19-16(18-14)20(4)23(5,21)22/h4-18H,1-3H3,(H,29,31);6-9,12-13,23H,10-11H2,1-5H3;7-9,11-14,16-17H,6,10H2,1-5H3;6-10H,1-5H3/t;;11-,12+,13-,14+,16+,17?;/m..1./s1. The molecule has 0 aliphatic heterocycles. The molecule has 3 aromatic heterocycles. The van der Waals surface area contributed by atoms with Gasteiger partial charge in [-0.1, -0.05) is 169 Å². The van der Waals surface area contributed by atoms with Gasteiger partial charge in [0.2, 0.25) is 16.0 Å². The summed E-state index contributed by atoms with van der Waals surface area (Å²) in [5.74, 6) is 1.82. The third-order valence-electron chi connectivity index (χ3n) is 18.4. The van der Waals surface area contributed by atoms with Crippen molar-refractivity contribution in [3.05, 3.63) is 220 Å². The Morgan fingerprint density at radius 2 is 1.18 bits per heavy atom. The lowest BCUT2D eigenvalue weighted by Gasteiger charge is -2.41. The van der Waals surface area contributed by atoms with Gasteiger partial charge in [0.15, 0.2) is 0 Å². The molecule has 0 fully saturated rings. The number of aliphatic hydroxyl groups is 1. The van der Waals surface area contributed by atoms with E-state index in [2.05, 4.69) is 107 Å². The molecule has 97 heavy (non-hydrogen) atoms. The summed E-state index contributed by atoms with van der Waals surface area (Å²) in [4.78, 5) is 39.5. The van der Waals surface area contributed by atoms with Crippen LogP contribution < -0.4 is 9.62 Å². The Morgan fingerprint density at radius 1 is 0.670 bits per heavy atom. The number of sulfonamides is 1. The Balaban J connectivity index is 0.000000185. The number of hydrogen-bond acceptors (Lipinski definition) is 9. The van der Waals surface area contributed by atoms with E-state index in [9.17, 15) is 36.3 Å². The summed E-state index contributed by atoms with van der Waals surface area (Å²) in [6.45, 7) is 31.4. The zero-order valence-electron chi connectivity index (χ0n) is 59.8. The lowest BCUT2D eigenvalue weighted by atomic mass is 9.67. The van der Waals surface area contributed by atoms with Gasteiger partial charge in [-0.05, 0) is 192 Å². The first-order valence-corrected chi connectivity index (χ1v) is 35.7. The molecule has 516 valence electrons. The van der Waals surface area contributed by atoms with Crippen LogP contribution in [0.15, 0.2) is 157 Å². The van der Waals surface area contributed by atoms with Crippen molar-refractivity contribution in [1.82, 2.24) is 19.5 Å². The first kappa shape index (κ1) is 75.9. The van der Waals surface area contributed by atoms with Crippen LogP contribution in [-0.2, 0) is 33.0 Å². The van der Waals surface area contributed by atoms with Gasteiger partial charge in [-0.15, -0.1) is 0 Å². The van der Waals surface area contributed by atoms with Crippen molar-refractivity contribution in [2.24, 2.45) is 36.6 Å². The number of esters is 1. The highest BCUT2D eigenvalue weighted by molar-refractivity contribution is 7.92. The van der Waals surface area contributed by atoms with Crippen molar-refractivity contribution in [3.8, 4) is 44.8 Å². The molecule has 12 nitrogen and oxygen atoms in total. The molecule has 0 saturated heterocycles. The Kier molecular flexibility index (Phi) is 26.3. The normalized spacial score (nSPS) is 16.8. The summed E-state index contributed by atoms with van der Waals surface area (Å²) in [6, 6.07) is 38.3. The van der Waals surface area contributed by atoms with Gasteiger partial charge in [0.1, 0.15) is 23.6 Å². The van der Waals surface area contributed by atoms with E-state index in [0.29, 0.717) is 47.3 Å². The number of nitrogens with one attached hydrogen (secondary N) is 1. The van der Waals surface area contributed by atoms with E-state index >= 15 is 0 Å². The van der Waals surface area contributed by atoms with Crippen LogP contribution in [-0.4, -0.2) is 70.9 Å². The van der Waals surface area contributed by atoms with E-state index in [-0.39, 0.29) is 71.7 Å². The number of nitrogens with zero attached hydrogens (tertiary/aromatic N) is 5. The minimum Gasteiger partial charge on any atom is -0.461 e. The summed E-state index contributed by atoms with van der Waals surface area (Å²) in [6.07, 6.45) is 10.4. The molecule has 2 aliphatic rings. The van der Waals surface area contributed by atoms with Gasteiger partial charge in [-0.25, -0.2) is 35.9 Å². The van der Waals surface area contributed by atoms with Gasteiger partial charge in [0.25, 0.3) is 5.91 Å². The van der Waals surface area contributed by atoms with Crippen molar-refractivity contribution >= 4 is 33.5 Å². The van der Waals surface area contributed by atoms with Gasteiger partial charge in [0.05, 0.1) is 34.8 Å².